The Kier molecular flexibility index (Phi) is 3.34. The van der Waals surface area contributed by atoms with E-state index in [-0.39, 0.29) is 0 Å². The van der Waals surface area contributed by atoms with Gasteiger partial charge in [-0.3, -0.25) is 4.68 Å². The lowest BCUT2D eigenvalue weighted by atomic mass is 10.1. The first-order chi connectivity index (χ1) is 7.84. The summed E-state index contributed by atoms with van der Waals surface area (Å²) in [6, 6.07) is 0. The zero-order chi connectivity index (χ0) is 14.4. The highest BCUT2D eigenvalue weighted by Gasteiger charge is 2.61. The number of aromatic nitrogens is 2. The van der Waals surface area contributed by atoms with Crippen molar-refractivity contribution in [3.05, 3.63) is 17.5 Å². The van der Waals surface area contributed by atoms with E-state index < -0.39 is 36.0 Å². The molecule has 0 amide bonds. The Hall–Kier alpha value is -1.35. The fraction of sp³-hybridized carbons (Fsp3) is 0.625. The topological polar surface area (TPSA) is 17.8 Å². The SMILES string of the molecule is Cn1cc(CC(F)(F)F)c(C(F)(F)C(F)(F)F)n1. The highest BCUT2D eigenvalue weighted by Crippen LogP contribution is 2.45. The Labute approximate surface area is 95.2 Å². The van der Waals surface area contributed by atoms with E-state index in [9.17, 15) is 35.1 Å². The third kappa shape index (κ3) is 2.91. The van der Waals surface area contributed by atoms with Crippen LogP contribution in [0.3, 0.4) is 0 Å². The van der Waals surface area contributed by atoms with E-state index in [1.54, 1.807) is 0 Å². The van der Waals surface area contributed by atoms with Gasteiger partial charge in [-0.2, -0.15) is 40.2 Å². The molecule has 0 N–H and O–H groups in total. The van der Waals surface area contributed by atoms with E-state index in [2.05, 4.69) is 5.10 Å². The molecule has 0 atom stereocenters. The van der Waals surface area contributed by atoms with Crippen LogP contribution in [0.2, 0.25) is 0 Å². The summed E-state index contributed by atoms with van der Waals surface area (Å²) in [6.45, 7) is 0. The first-order valence-corrected chi connectivity index (χ1v) is 4.39. The Balaban J connectivity index is 3.25. The molecule has 0 unspecified atom stereocenters. The average Bonchev–Trinajstić information content (AvgIpc) is 2.41. The molecule has 0 spiro atoms. The highest BCUT2D eigenvalue weighted by atomic mass is 19.4. The molecule has 2 nitrogen and oxygen atoms in total. The second-order valence-corrected chi connectivity index (χ2v) is 3.54. The Morgan fingerprint density at radius 3 is 1.94 bits per heavy atom. The summed E-state index contributed by atoms with van der Waals surface area (Å²) in [6.07, 6.45) is -12.3. The first-order valence-electron chi connectivity index (χ1n) is 4.39. The van der Waals surface area contributed by atoms with Crippen LogP contribution in [-0.2, 0) is 19.4 Å². The van der Waals surface area contributed by atoms with E-state index in [1.165, 1.54) is 0 Å². The van der Waals surface area contributed by atoms with Gasteiger partial charge in [0, 0.05) is 18.8 Å². The zero-order valence-electron chi connectivity index (χ0n) is 8.70. The third-order valence-corrected chi connectivity index (χ3v) is 1.95. The minimum atomic E-state index is -6.00. The van der Waals surface area contributed by atoms with Crippen molar-refractivity contribution in [3.8, 4) is 0 Å². The summed E-state index contributed by atoms with van der Waals surface area (Å²) in [4.78, 5) is 0. The van der Waals surface area contributed by atoms with Gasteiger partial charge in [0.1, 0.15) is 5.69 Å². The molecule has 0 aliphatic carbocycles. The number of halogens is 8. The van der Waals surface area contributed by atoms with E-state index in [0.29, 0.717) is 10.9 Å². The number of hydrogen-bond donors (Lipinski definition) is 0. The van der Waals surface area contributed by atoms with Crippen LogP contribution < -0.4 is 0 Å². The molecular weight excluding hydrogens is 276 g/mol. The molecule has 1 aromatic rings. The standard InChI is InChI=1S/C8H6F8N2/c1-18-3-4(2-6(9,10)11)5(17-18)7(12,13)8(14,15)16/h3H,2H2,1H3. The quantitative estimate of drug-likeness (QED) is 0.762. The van der Waals surface area contributed by atoms with Gasteiger partial charge in [-0.1, -0.05) is 0 Å². The molecule has 0 aliphatic heterocycles. The van der Waals surface area contributed by atoms with Gasteiger partial charge in [-0.25, -0.2) is 0 Å². The smallest absolute Gasteiger partial charge is 0.275 e. The van der Waals surface area contributed by atoms with E-state index in [4.69, 9.17) is 0 Å². The van der Waals surface area contributed by atoms with E-state index in [0.717, 1.165) is 7.05 Å². The Bertz CT molecular complexity index is 427. The number of nitrogens with zero attached hydrogens (tertiary/aromatic N) is 2. The van der Waals surface area contributed by atoms with Crippen LogP contribution >= 0.6 is 0 Å². The summed E-state index contributed by atoms with van der Waals surface area (Å²) in [5.74, 6) is -5.42. The van der Waals surface area contributed by atoms with Gasteiger partial charge in [0.25, 0.3) is 0 Å². The molecule has 18 heavy (non-hydrogen) atoms. The van der Waals surface area contributed by atoms with Crippen molar-refractivity contribution in [3.63, 3.8) is 0 Å². The lowest BCUT2D eigenvalue weighted by Gasteiger charge is -2.19. The predicted octanol–water partition coefficient (Wildman–Crippen LogP) is 3.18. The van der Waals surface area contributed by atoms with Crippen molar-refractivity contribution < 1.29 is 35.1 Å². The van der Waals surface area contributed by atoms with Gasteiger partial charge in [0.05, 0.1) is 6.42 Å². The van der Waals surface area contributed by atoms with Crippen molar-refractivity contribution in [1.29, 1.82) is 0 Å². The molecule has 1 rings (SSSR count). The minimum Gasteiger partial charge on any atom is -0.275 e. The van der Waals surface area contributed by atoms with Crippen LogP contribution in [0.1, 0.15) is 11.3 Å². The average molecular weight is 282 g/mol. The number of aryl methyl sites for hydroxylation is 1. The second kappa shape index (κ2) is 4.09. The van der Waals surface area contributed by atoms with E-state index >= 15 is 0 Å². The van der Waals surface area contributed by atoms with Crippen LogP contribution in [0.25, 0.3) is 0 Å². The fourth-order valence-corrected chi connectivity index (χ4v) is 1.28. The molecule has 0 aliphatic rings. The van der Waals surface area contributed by atoms with Crippen molar-refractivity contribution in [2.45, 2.75) is 24.7 Å². The summed E-state index contributed by atoms with van der Waals surface area (Å²) >= 11 is 0. The first kappa shape index (κ1) is 14.7. The second-order valence-electron chi connectivity index (χ2n) is 3.54. The molecule has 1 heterocycles. The molecular formula is C8H6F8N2. The molecule has 0 bridgehead atoms. The molecule has 1 aromatic heterocycles. The molecule has 0 fully saturated rings. The van der Waals surface area contributed by atoms with Crippen molar-refractivity contribution in [2.24, 2.45) is 7.05 Å². The Morgan fingerprint density at radius 1 is 1.06 bits per heavy atom. The molecule has 0 aromatic carbocycles. The third-order valence-electron chi connectivity index (χ3n) is 1.95. The van der Waals surface area contributed by atoms with Gasteiger partial charge in [0.15, 0.2) is 0 Å². The number of hydrogen-bond acceptors (Lipinski definition) is 1. The van der Waals surface area contributed by atoms with Gasteiger partial charge in [0.2, 0.25) is 0 Å². The maximum absolute atomic E-state index is 12.9. The predicted molar refractivity (Wildman–Crippen MR) is 42.9 cm³/mol. The summed E-state index contributed by atoms with van der Waals surface area (Å²) < 4.78 is 98.7. The van der Waals surface area contributed by atoms with Crippen LogP contribution in [0, 0.1) is 0 Å². The number of alkyl halides is 8. The summed E-state index contributed by atoms with van der Waals surface area (Å²) in [7, 11) is 0.954. The van der Waals surface area contributed by atoms with Crippen LogP contribution in [0.4, 0.5) is 35.1 Å². The minimum absolute atomic E-state index is 0.482. The van der Waals surface area contributed by atoms with Crippen molar-refractivity contribution >= 4 is 0 Å². The number of rotatable bonds is 2. The molecule has 0 saturated heterocycles. The van der Waals surface area contributed by atoms with Crippen LogP contribution in [0.15, 0.2) is 6.20 Å². The molecule has 104 valence electrons. The van der Waals surface area contributed by atoms with Gasteiger partial charge < -0.3 is 0 Å². The largest absolute Gasteiger partial charge is 0.459 e. The summed E-state index contributed by atoms with van der Waals surface area (Å²) in [5.41, 5.74) is -3.12. The molecule has 0 saturated carbocycles. The van der Waals surface area contributed by atoms with Crippen molar-refractivity contribution in [2.75, 3.05) is 0 Å². The highest BCUT2D eigenvalue weighted by molar-refractivity contribution is 5.24. The van der Waals surface area contributed by atoms with Crippen LogP contribution in [0.5, 0.6) is 0 Å². The monoisotopic (exact) mass is 282 g/mol. The maximum Gasteiger partial charge on any atom is 0.459 e. The van der Waals surface area contributed by atoms with Crippen LogP contribution in [-0.4, -0.2) is 22.1 Å². The normalized spacial score (nSPS) is 14.1. The zero-order valence-corrected chi connectivity index (χ0v) is 8.70. The van der Waals surface area contributed by atoms with Crippen molar-refractivity contribution in [1.82, 2.24) is 9.78 Å². The maximum atomic E-state index is 12.9. The summed E-state index contributed by atoms with van der Waals surface area (Å²) in [5, 5.41) is 2.78. The van der Waals surface area contributed by atoms with Gasteiger partial charge in [-0.15, -0.1) is 0 Å². The lowest BCUT2D eigenvalue weighted by molar-refractivity contribution is -0.291. The fourth-order valence-electron chi connectivity index (χ4n) is 1.28. The van der Waals surface area contributed by atoms with Gasteiger partial charge in [-0.05, 0) is 0 Å². The van der Waals surface area contributed by atoms with Gasteiger partial charge >= 0.3 is 18.3 Å². The molecule has 10 heteroatoms. The Morgan fingerprint density at radius 2 is 1.56 bits per heavy atom. The lowest BCUT2D eigenvalue weighted by Crippen LogP contribution is -2.35. The van der Waals surface area contributed by atoms with E-state index in [1.807, 2.05) is 0 Å². The molecule has 0 radical (unpaired) electrons.